The smallest absolute Gasteiger partial charge is 0.275 e. The molecule has 1 heterocycles. The summed E-state index contributed by atoms with van der Waals surface area (Å²) in [6.45, 7) is 2.69. The molecule has 2 N–H and O–H groups in total. The average Bonchev–Trinajstić information content (AvgIpc) is 2.44. The van der Waals surface area contributed by atoms with Crippen LogP contribution in [0, 0.1) is 0 Å². The van der Waals surface area contributed by atoms with Crippen LogP contribution in [0.5, 0.6) is 0 Å². The van der Waals surface area contributed by atoms with Crippen molar-refractivity contribution in [1.82, 2.24) is 9.97 Å². The normalized spacial score (nSPS) is 10.2. The second-order valence-corrected chi connectivity index (χ2v) is 4.71. The Bertz CT molecular complexity index is 616. The van der Waals surface area contributed by atoms with Crippen LogP contribution in [0.25, 0.3) is 0 Å². The van der Waals surface area contributed by atoms with Crippen LogP contribution in [0.2, 0.25) is 10.0 Å². The van der Waals surface area contributed by atoms with Crippen LogP contribution >= 0.6 is 23.2 Å². The number of carbonyl (C=O) groups excluding carboxylic acids is 1. The lowest BCUT2D eigenvalue weighted by molar-refractivity contribution is 0.102. The molecule has 0 saturated carbocycles. The first-order valence-corrected chi connectivity index (χ1v) is 6.68. The van der Waals surface area contributed by atoms with E-state index in [1.54, 1.807) is 18.2 Å². The minimum atomic E-state index is -0.362. The lowest BCUT2D eigenvalue weighted by atomic mass is 10.3. The molecular weight excluding hydrogens is 299 g/mol. The molecule has 104 valence electrons. The number of halogens is 2. The summed E-state index contributed by atoms with van der Waals surface area (Å²) < 4.78 is 0. The minimum absolute atomic E-state index is 0.220. The molecule has 2 aromatic rings. The number of amides is 1. The van der Waals surface area contributed by atoms with Crippen LogP contribution in [0.3, 0.4) is 0 Å². The lowest BCUT2D eigenvalue weighted by Gasteiger charge is -2.06. The molecule has 1 amide bonds. The molecule has 0 fully saturated rings. The van der Waals surface area contributed by atoms with Gasteiger partial charge in [0.05, 0.1) is 22.4 Å². The predicted octanol–water partition coefficient (Wildman–Crippen LogP) is 3.47. The summed E-state index contributed by atoms with van der Waals surface area (Å²) in [5, 5.41) is 6.48. The zero-order valence-electron chi connectivity index (χ0n) is 10.7. The molecule has 0 aliphatic rings. The van der Waals surface area contributed by atoms with Crippen molar-refractivity contribution in [3.8, 4) is 0 Å². The highest BCUT2D eigenvalue weighted by molar-refractivity contribution is 6.42. The molecule has 1 aromatic heterocycles. The van der Waals surface area contributed by atoms with Gasteiger partial charge in [0.2, 0.25) is 0 Å². The van der Waals surface area contributed by atoms with Gasteiger partial charge >= 0.3 is 0 Å². The van der Waals surface area contributed by atoms with E-state index in [1.807, 2.05) is 6.92 Å². The van der Waals surface area contributed by atoms with Gasteiger partial charge in [0, 0.05) is 12.2 Å². The van der Waals surface area contributed by atoms with E-state index in [2.05, 4.69) is 20.6 Å². The zero-order chi connectivity index (χ0) is 14.5. The van der Waals surface area contributed by atoms with Crippen LogP contribution in [0.1, 0.15) is 17.4 Å². The summed E-state index contributed by atoms with van der Waals surface area (Å²) >= 11 is 11.7. The van der Waals surface area contributed by atoms with Crippen molar-refractivity contribution >= 4 is 40.6 Å². The summed E-state index contributed by atoms with van der Waals surface area (Å²) in [4.78, 5) is 20.1. The van der Waals surface area contributed by atoms with Gasteiger partial charge < -0.3 is 10.6 Å². The number of carbonyl (C=O) groups is 1. The van der Waals surface area contributed by atoms with E-state index < -0.39 is 0 Å². The third-order valence-corrected chi connectivity index (χ3v) is 3.16. The van der Waals surface area contributed by atoms with E-state index in [9.17, 15) is 4.79 Å². The summed E-state index contributed by atoms with van der Waals surface area (Å²) in [6.07, 6.45) is 2.91. The third kappa shape index (κ3) is 3.59. The van der Waals surface area contributed by atoms with E-state index in [0.29, 0.717) is 21.6 Å². The molecule has 0 aliphatic heterocycles. The molecule has 20 heavy (non-hydrogen) atoms. The Morgan fingerprint density at radius 3 is 2.60 bits per heavy atom. The van der Waals surface area contributed by atoms with Gasteiger partial charge in [-0.1, -0.05) is 23.2 Å². The van der Waals surface area contributed by atoms with Crippen molar-refractivity contribution in [2.24, 2.45) is 0 Å². The Kier molecular flexibility index (Phi) is 4.76. The number of aromatic nitrogens is 2. The second kappa shape index (κ2) is 6.54. The van der Waals surface area contributed by atoms with Gasteiger partial charge in [-0.3, -0.25) is 4.79 Å². The van der Waals surface area contributed by atoms with E-state index in [0.717, 1.165) is 6.54 Å². The highest BCUT2D eigenvalue weighted by Gasteiger charge is 2.09. The molecule has 0 aliphatic carbocycles. The summed E-state index contributed by atoms with van der Waals surface area (Å²) in [5.41, 5.74) is 0.764. The fraction of sp³-hybridized carbons (Fsp3) is 0.154. The summed E-state index contributed by atoms with van der Waals surface area (Å²) in [6, 6.07) is 4.84. The Hall–Kier alpha value is -1.85. The average molecular weight is 311 g/mol. The molecule has 0 radical (unpaired) electrons. The molecule has 5 nitrogen and oxygen atoms in total. The number of nitrogens with one attached hydrogen (secondary N) is 2. The largest absolute Gasteiger partial charge is 0.369 e. The summed E-state index contributed by atoms with van der Waals surface area (Å²) in [5.74, 6) is 0.262. The van der Waals surface area contributed by atoms with Crippen molar-refractivity contribution in [2.75, 3.05) is 17.2 Å². The van der Waals surface area contributed by atoms with Gasteiger partial charge in [0.15, 0.2) is 0 Å². The lowest BCUT2D eigenvalue weighted by Crippen LogP contribution is -2.14. The maximum atomic E-state index is 12.0. The Balaban J connectivity index is 2.09. The highest BCUT2D eigenvalue weighted by Crippen LogP contribution is 2.25. The summed E-state index contributed by atoms with van der Waals surface area (Å²) in [7, 11) is 0. The topological polar surface area (TPSA) is 66.9 Å². The monoisotopic (exact) mass is 310 g/mol. The fourth-order valence-electron chi connectivity index (χ4n) is 1.49. The molecule has 0 saturated heterocycles. The molecule has 0 unspecified atom stereocenters. The number of hydrogen-bond donors (Lipinski definition) is 2. The first-order valence-electron chi connectivity index (χ1n) is 5.92. The maximum Gasteiger partial charge on any atom is 0.275 e. The molecule has 1 aromatic carbocycles. The number of nitrogens with zero attached hydrogens (tertiary/aromatic N) is 2. The van der Waals surface area contributed by atoms with Gasteiger partial charge in [0.25, 0.3) is 5.91 Å². The van der Waals surface area contributed by atoms with Crippen molar-refractivity contribution < 1.29 is 4.79 Å². The number of benzene rings is 1. The van der Waals surface area contributed by atoms with Gasteiger partial charge in [-0.15, -0.1) is 0 Å². The zero-order valence-corrected chi connectivity index (χ0v) is 12.2. The van der Waals surface area contributed by atoms with E-state index in [-0.39, 0.29) is 11.6 Å². The van der Waals surface area contributed by atoms with Crippen molar-refractivity contribution in [1.29, 1.82) is 0 Å². The first-order chi connectivity index (χ1) is 9.60. The fourth-order valence-corrected chi connectivity index (χ4v) is 1.78. The van der Waals surface area contributed by atoms with E-state index in [4.69, 9.17) is 23.2 Å². The third-order valence-electron chi connectivity index (χ3n) is 2.42. The second-order valence-electron chi connectivity index (χ2n) is 3.90. The number of hydrogen-bond acceptors (Lipinski definition) is 4. The van der Waals surface area contributed by atoms with Crippen LogP contribution in [-0.2, 0) is 0 Å². The number of anilines is 2. The standard InChI is InChI=1S/C13H12Cl2N4O/c1-2-16-12-7-17-11(6-18-12)13(20)19-8-3-4-9(14)10(15)5-8/h3-7H,2H2,1H3,(H,16,18)(H,19,20). The molecule has 2 rings (SSSR count). The predicted molar refractivity (Wildman–Crippen MR) is 80.6 cm³/mol. The van der Waals surface area contributed by atoms with E-state index >= 15 is 0 Å². The SMILES string of the molecule is CCNc1cnc(C(=O)Nc2ccc(Cl)c(Cl)c2)cn1. The van der Waals surface area contributed by atoms with Gasteiger partial charge in [-0.2, -0.15) is 0 Å². The molecule has 0 spiro atoms. The first kappa shape index (κ1) is 14.6. The van der Waals surface area contributed by atoms with Crippen LogP contribution < -0.4 is 10.6 Å². The Labute approximate surface area is 126 Å². The van der Waals surface area contributed by atoms with Gasteiger partial charge in [-0.05, 0) is 25.1 Å². The minimum Gasteiger partial charge on any atom is -0.369 e. The van der Waals surface area contributed by atoms with Crippen molar-refractivity contribution in [2.45, 2.75) is 6.92 Å². The van der Waals surface area contributed by atoms with Gasteiger partial charge in [0.1, 0.15) is 11.5 Å². The van der Waals surface area contributed by atoms with Crippen LogP contribution in [0.4, 0.5) is 11.5 Å². The van der Waals surface area contributed by atoms with Crippen LogP contribution in [0.15, 0.2) is 30.6 Å². The maximum absolute atomic E-state index is 12.0. The number of rotatable bonds is 4. The van der Waals surface area contributed by atoms with Crippen molar-refractivity contribution in [3.63, 3.8) is 0 Å². The molecular formula is C13H12Cl2N4O. The quantitative estimate of drug-likeness (QED) is 0.907. The highest BCUT2D eigenvalue weighted by atomic mass is 35.5. The Morgan fingerprint density at radius 2 is 2.00 bits per heavy atom. The Morgan fingerprint density at radius 1 is 1.20 bits per heavy atom. The molecule has 7 heteroatoms. The van der Waals surface area contributed by atoms with Gasteiger partial charge in [-0.25, -0.2) is 9.97 Å². The van der Waals surface area contributed by atoms with Crippen molar-refractivity contribution in [3.05, 3.63) is 46.3 Å². The van der Waals surface area contributed by atoms with Crippen LogP contribution in [-0.4, -0.2) is 22.4 Å². The van der Waals surface area contributed by atoms with E-state index in [1.165, 1.54) is 12.4 Å². The molecule has 0 atom stereocenters. The molecule has 0 bridgehead atoms.